The number of ether oxygens (including phenoxy) is 11. The monoisotopic (exact) mass is 1530 g/mol. The van der Waals surface area contributed by atoms with Gasteiger partial charge in [-0.1, -0.05) is 40.9 Å². The van der Waals surface area contributed by atoms with Crippen molar-refractivity contribution in [3.05, 3.63) is 25.3 Å². The zero-order valence-electron chi connectivity index (χ0n) is 61.1. The zero-order valence-corrected chi connectivity index (χ0v) is 64.5. The number of carboxylic acid groups (broad SMARTS) is 1. The van der Waals surface area contributed by atoms with Crippen LogP contribution in [0.1, 0.15) is 199 Å². The number of carbonyl (C=O) groups is 12. The molecule has 0 heterocycles. The van der Waals surface area contributed by atoms with E-state index >= 15 is 0 Å². The topological polar surface area (TPSA) is 428 Å². The average Bonchev–Trinajstić information content (AvgIpc) is 1.20. The fourth-order valence-corrected chi connectivity index (χ4v) is 10.2. The molecule has 0 bridgehead atoms. The molecule has 0 aliphatic carbocycles. The van der Waals surface area contributed by atoms with Crippen molar-refractivity contribution in [1.29, 1.82) is 0 Å². The number of hydrogen-bond donors (Lipinski definition) is 8. The maximum absolute atomic E-state index is 12.2. The summed E-state index contributed by atoms with van der Waals surface area (Å²) in [6, 6.07) is 0. The van der Waals surface area contributed by atoms with E-state index < -0.39 is 109 Å². The Hall–Kier alpha value is -5.68. The van der Waals surface area contributed by atoms with E-state index in [1.807, 2.05) is 27.7 Å². The maximum atomic E-state index is 12.2. The van der Waals surface area contributed by atoms with E-state index in [1.54, 1.807) is 27.7 Å². The van der Waals surface area contributed by atoms with Gasteiger partial charge >= 0.3 is 71.6 Å². The van der Waals surface area contributed by atoms with Crippen molar-refractivity contribution in [3.63, 3.8) is 0 Å². The summed E-state index contributed by atoms with van der Waals surface area (Å²) in [7, 11) is 0. The summed E-state index contributed by atoms with van der Waals surface area (Å²) >= 11 is 10.4. The largest absolute Gasteiger partial charge is 0.481 e. The summed E-state index contributed by atoms with van der Waals surface area (Å²) in [5.74, 6) is -2.74. The molecule has 0 fully saturated rings. The second kappa shape index (κ2) is 68.7. The van der Waals surface area contributed by atoms with E-state index in [2.05, 4.69) is 47.9 Å². The van der Waals surface area contributed by atoms with Crippen LogP contribution in [-0.4, -0.2) is 236 Å². The van der Waals surface area contributed by atoms with E-state index in [9.17, 15) is 83.1 Å². The van der Waals surface area contributed by atoms with Gasteiger partial charge in [0.15, 0.2) is 0 Å². The quantitative estimate of drug-likeness (QED) is 0.00970. The molecule has 0 radical (unpaired) electrons. The van der Waals surface area contributed by atoms with Gasteiger partial charge in [-0.2, -0.15) is 48.8 Å². The predicted octanol–water partition coefficient (Wildman–Crippen LogP) is 7.34. The molecule has 33 heteroatoms. The van der Waals surface area contributed by atoms with E-state index in [1.165, 1.54) is 51.2 Å². The van der Waals surface area contributed by atoms with Crippen molar-refractivity contribution in [2.45, 2.75) is 272 Å². The van der Waals surface area contributed by atoms with Crippen LogP contribution in [0.3, 0.4) is 0 Å². The second-order valence-corrected chi connectivity index (χ2v) is 25.9. The van der Waals surface area contributed by atoms with Gasteiger partial charge in [0.25, 0.3) is 0 Å². The number of hydrogen-bond acceptors (Lipinski definition) is 32. The van der Waals surface area contributed by atoms with Gasteiger partial charge in [-0.25, -0.2) is 9.59 Å². The average molecular weight is 1530 g/mol. The molecule has 6 N–H and O–H groups in total. The Bertz CT molecular complexity index is 2210. The van der Waals surface area contributed by atoms with Crippen molar-refractivity contribution in [1.82, 2.24) is 0 Å². The number of aliphatic carboxylic acids is 1. The third kappa shape index (κ3) is 76.8. The van der Waals surface area contributed by atoms with E-state index in [0.717, 1.165) is 12.2 Å². The highest BCUT2D eigenvalue weighted by Crippen LogP contribution is 2.19. The number of aliphatic hydroxyl groups excluding tert-OH is 5. The molecule has 12 atom stereocenters. The van der Waals surface area contributed by atoms with Crippen LogP contribution in [0.5, 0.6) is 0 Å². The van der Waals surface area contributed by atoms with Crippen molar-refractivity contribution in [2.24, 2.45) is 0 Å². The molecule has 0 amide bonds. The summed E-state index contributed by atoms with van der Waals surface area (Å²) in [6.45, 7) is 25.9. The van der Waals surface area contributed by atoms with E-state index in [-0.39, 0.29) is 127 Å². The van der Waals surface area contributed by atoms with Crippen LogP contribution in [-0.2, 0) is 110 Å². The van der Waals surface area contributed by atoms with Crippen molar-refractivity contribution in [2.75, 3.05) is 60.9 Å². The molecule has 0 rings (SSSR count). The number of esters is 11. The second-order valence-electron chi connectivity index (χ2n) is 22.6. The molecule has 101 heavy (non-hydrogen) atoms. The standard InChI is InChI=1S/C34H58O14S2.C13H24O5S.C10H20O4.C8H10O4.C3H6O2S/c1-7-29(21-27(37)19-23(3)45-25(5)35)47-33(41)11-17-49-15-9-31(39)43-13-14-44-32(40)10-16-50-18-12-34(42)48-30(8-2)22-28(38)20-24(4)46-26(6)36;1-4-12(18-13(16)5-6-19)8-11(15)7-9(2)17-10(3)14;1-4-9(12)6-10(13)5-7(2)14-8(3)11;1-3-7(9)11-5-6-12-8(10)4-2;4-3(5)1-2-6/h23-24,27-30,37-38H,7-22H2,1-6H3;9,11-12,15,19H,4-8H2,1-3H3;7,9-10,12-13H,4-6H2,1-3H3;3-4H,1-2,5-6H2;6H,1-2H2,(H,4,5). The summed E-state index contributed by atoms with van der Waals surface area (Å²) < 4.78 is 55.1. The van der Waals surface area contributed by atoms with Crippen LogP contribution >= 0.6 is 48.8 Å². The maximum Gasteiger partial charge on any atom is 0.330 e. The summed E-state index contributed by atoms with van der Waals surface area (Å²) in [6.07, 6.45) is 1.74. The van der Waals surface area contributed by atoms with Crippen molar-refractivity contribution >= 4 is 120 Å². The minimum atomic E-state index is -0.787. The molecule has 0 aromatic carbocycles. The molecule has 0 aromatic rings. The fourth-order valence-electron chi connectivity index (χ4n) is 8.13. The lowest BCUT2D eigenvalue weighted by Crippen LogP contribution is -2.27. The Morgan fingerprint density at radius 3 is 0.842 bits per heavy atom. The van der Waals surface area contributed by atoms with Crippen LogP contribution < -0.4 is 0 Å². The van der Waals surface area contributed by atoms with Gasteiger partial charge < -0.3 is 82.7 Å². The summed E-state index contributed by atoms with van der Waals surface area (Å²) in [5, 5.41) is 56.9. The number of carboxylic acids is 1. The van der Waals surface area contributed by atoms with Gasteiger partial charge in [0.2, 0.25) is 0 Å². The van der Waals surface area contributed by atoms with Gasteiger partial charge in [-0.05, 0) is 59.8 Å². The molecule has 0 aliphatic rings. The molecule has 12 unspecified atom stereocenters. The number of aliphatic hydroxyl groups is 5. The lowest BCUT2D eigenvalue weighted by Gasteiger charge is -2.21. The number of rotatable bonds is 51. The summed E-state index contributed by atoms with van der Waals surface area (Å²) in [4.78, 5) is 133. The Morgan fingerprint density at radius 2 is 0.614 bits per heavy atom. The first-order valence-electron chi connectivity index (χ1n) is 33.6. The van der Waals surface area contributed by atoms with Crippen LogP contribution in [0.15, 0.2) is 25.3 Å². The minimum Gasteiger partial charge on any atom is -0.481 e. The van der Waals surface area contributed by atoms with Crippen molar-refractivity contribution in [3.8, 4) is 0 Å². The Balaban J connectivity index is -0.000000482. The van der Waals surface area contributed by atoms with Gasteiger partial charge in [0, 0.05) is 119 Å². The highest BCUT2D eigenvalue weighted by molar-refractivity contribution is 7.99. The van der Waals surface area contributed by atoms with Gasteiger partial charge in [-0.15, -0.1) is 0 Å². The fraction of sp³-hybridized carbons (Fsp3) is 0.765. The molecular formula is C68H118O29S4. The third-order valence-corrected chi connectivity index (χ3v) is 15.1. The van der Waals surface area contributed by atoms with E-state index in [4.69, 9.17) is 47.7 Å². The molecular weight excluding hydrogens is 1410 g/mol. The summed E-state index contributed by atoms with van der Waals surface area (Å²) in [5.41, 5.74) is 0. The van der Waals surface area contributed by atoms with Gasteiger partial charge in [0.1, 0.15) is 69.2 Å². The first kappa shape index (κ1) is 104. The highest BCUT2D eigenvalue weighted by Gasteiger charge is 2.24. The number of thiol groups is 2. The molecule has 0 spiro atoms. The minimum absolute atomic E-state index is 0.0322. The molecule has 0 aliphatic heterocycles. The smallest absolute Gasteiger partial charge is 0.330 e. The van der Waals surface area contributed by atoms with Gasteiger partial charge in [0.05, 0.1) is 69.0 Å². The molecule has 29 nitrogen and oxygen atoms in total. The van der Waals surface area contributed by atoms with Gasteiger partial charge in [-0.3, -0.25) is 47.9 Å². The van der Waals surface area contributed by atoms with Crippen LogP contribution in [0.4, 0.5) is 0 Å². The van der Waals surface area contributed by atoms with E-state index in [0.29, 0.717) is 85.9 Å². The number of carbonyl (C=O) groups excluding carboxylic acids is 11. The first-order valence-corrected chi connectivity index (χ1v) is 37.2. The Morgan fingerprint density at radius 1 is 0.356 bits per heavy atom. The molecule has 0 aromatic heterocycles. The number of thioether (sulfide) groups is 2. The SMILES string of the molecule is C=CC(=O)OCCOC(=O)C=C.CCC(CC(O)CC(C)OC(C)=O)OC(=O)CCS.CCC(CC(O)CC(C)OC(C)=O)OC(=O)CCSCCC(=O)OCCOC(=O)CCSCCC(=O)OC(CC)CC(O)CC(C)OC(C)=O.CCC(O)CC(O)CC(C)OC(C)=O.O=C(O)CCS. The molecule has 0 saturated carbocycles. The Labute approximate surface area is 615 Å². The highest BCUT2D eigenvalue weighted by atomic mass is 32.2. The lowest BCUT2D eigenvalue weighted by molar-refractivity contribution is -0.152. The lowest BCUT2D eigenvalue weighted by atomic mass is 10.0. The third-order valence-electron chi connectivity index (χ3n) is 12.7. The van der Waals surface area contributed by atoms with Crippen LogP contribution in [0.2, 0.25) is 0 Å². The van der Waals surface area contributed by atoms with Crippen molar-refractivity contribution < 1.29 is 140 Å². The molecule has 0 saturated heterocycles. The zero-order chi connectivity index (χ0) is 78.3. The van der Waals surface area contributed by atoms with Crippen LogP contribution in [0, 0.1) is 0 Å². The van der Waals surface area contributed by atoms with Crippen LogP contribution in [0.25, 0.3) is 0 Å². The molecule has 588 valence electrons. The first-order chi connectivity index (χ1) is 47.4. The normalized spacial score (nSPS) is 14.0. The Kier molecular flexibility index (Phi) is 70.7. The predicted molar refractivity (Wildman–Crippen MR) is 385 cm³/mol.